The predicted octanol–water partition coefficient (Wildman–Crippen LogP) is 28.8. The molecule has 0 atom stereocenters. The second kappa shape index (κ2) is 47.1. The molecule has 0 heterocycles. The Balaban J connectivity index is -0.00000196. The quantitative estimate of drug-likeness (QED) is 0.0513. The van der Waals surface area contributed by atoms with Crippen LogP contribution in [0.5, 0.6) is 0 Å². The fraction of sp³-hybridized carbons (Fsp3) is 1.00. The van der Waals surface area contributed by atoms with Gasteiger partial charge in [-0.1, -0.05) is 62.3 Å². The summed E-state index contributed by atoms with van der Waals surface area (Å²) < 4.78 is 194. The summed E-state index contributed by atoms with van der Waals surface area (Å²) in [6, 6.07) is 0. The Morgan fingerprint density at radius 1 is 0.0985 bits per heavy atom. The lowest BCUT2D eigenvalue weighted by molar-refractivity contribution is 0.0322. The van der Waals surface area contributed by atoms with Crippen LogP contribution in [0.3, 0.4) is 0 Å². The first-order valence-electron chi connectivity index (χ1n) is 47.8. The molecule has 27 nitrogen and oxygen atoms in total. The van der Waals surface area contributed by atoms with Gasteiger partial charge in [0.25, 0.3) is 0 Å². The molecule has 0 aliphatic carbocycles. The Morgan fingerprint density at radius 2 is 0.189 bits per heavy atom. The van der Waals surface area contributed by atoms with E-state index in [0.29, 0.717) is 0 Å². The molecule has 798 valence electrons. The first-order valence-corrected chi connectivity index (χ1v) is 134. The Morgan fingerprint density at radius 3 is 0.280 bits per heavy atom. The normalized spacial score (nSPS) is 16.1. The van der Waals surface area contributed by atoms with Gasteiger partial charge in [-0.25, -0.2) is 0 Å². The summed E-state index contributed by atoms with van der Waals surface area (Å²) in [7, 11) is -83.1. The predicted molar refractivity (Wildman–Crippen MR) is 630 cm³/mol. The maximum absolute atomic E-state index is 7.87. The Kier molecular flexibility index (Phi) is 50.5. The molecule has 0 aliphatic rings. The van der Waals surface area contributed by atoms with E-state index in [-0.39, 0.29) is 5.04 Å². The van der Waals surface area contributed by atoms with Crippen molar-refractivity contribution in [3.05, 3.63) is 0 Å². The largest absolute Gasteiger partial charge is 0.640 e. The molecule has 0 bridgehead atoms. The lowest BCUT2D eigenvalue weighted by atomic mass is 10.3. The first kappa shape index (κ1) is 142. The van der Waals surface area contributed by atoms with Gasteiger partial charge in [0.1, 0.15) is 0 Å². The van der Waals surface area contributed by atoms with E-state index in [1.807, 2.05) is 19.6 Å². The van der Waals surface area contributed by atoms with Crippen LogP contribution in [0.4, 0.5) is 0 Å². The molecule has 0 amide bonds. The topological polar surface area (TPSA) is 249 Å². The molecule has 0 aromatic carbocycles. The van der Waals surface area contributed by atoms with E-state index in [9.17, 15) is 0 Å². The van der Waals surface area contributed by atoms with Gasteiger partial charge in [0, 0.05) is 34.8 Å². The third kappa shape index (κ3) is 64.7. The van der Waals surface area contributed by atoms with Gasteiger partial charge in [-0.2, -0.15) is 0 Å². The molecule has 0 saturated heterocycles. The minimum absolute atomic E-state index is 0.361. The third-order valence-electron chi connectivity index (χ3n) is 14.1. The minimum atomic E-state index is -4.54. The van der Waals surface area contributed by atoms with Crippen LogP contribution < -0.4 is 0 Å². The molecule has 0 aromatic rings. The SMILES string of the molecule is CC(C)(C)[Si](O[Si](C)(C)O[Si](C)(C)C)(O[Si](C)(C)O[Si](C)(C)C)O[Si](C)(C)O[Si](C)(C)C.CC(C)(C)[Si](O[Si](C)(O[Si](C)(C)C)O[Si](C)(C)C)(O[Si](C)(O[Si](C)(C)C)O[Si](C)(C)C)O[Si](C)(O[Si](C)(C)C)O[Si](C)(C)C.CC(C)(C)[Si](O[Si](O[Si](C)(C)C)(O[Si](C)(C)C)O[Si](C)(C)C)(O[Si](O[Si](C)(C)C)(O[Si](C)(C)C)O[Si](C)(C)C)O[Si](O[Si](C)(C)C)(O[Si](C)(C)C)O[Si](C)(C)C. The summed E-state index contributed by atoms with van der Waals surface area (Å²) in [4.78, 5) is 0. The summed E-state index contributed by atoms with van der Waals surface area (Å²) in [6.45, 7) is 154. The average molecular weight is 2390 g/mol. The zero-order chi connectivity index (χ0) is 108. The molecule has 0 aromatic heterocycles. The maximum Gasteiger partial charge on any atom is 0.640 e. The van der Waals surface area contributed by atoms with Gasteiger partial charge < -0.3 is 111 Å². The van der Waals surface area contributed by atoms with Crippen LogP contribution in [0.25, 0.3) is 0 Å². The van der Waals surface area contributed by atoms with Crippen LogP contribution in [0, 0.1) is 0 Å². The zero-order valence-electron chi connectivity index (χ0n) is 99.5. The van der Waals surface area contributed by atoms with E-state index in [4.69, 9.17) is 111 Å². The first-order chi connectivity index (χ1) is 55.8. The number of hydrogen-bond acceptors (Lipinski definition) is 27. The zero-order valence-corrected chi connectivity index (χ0v) is 130. The molecule has 0 spiro atoms. The van der Waals surface area contributed by atoms with Crippen molar-refractivity contribution >= 4 is 255 Å². The Labute approximate surface area is 848 Å². The highest BCUT2D eigenvalue weighted by molar-refractivity contribution is 7.01. The second-order valence-electron chi connectivity index (χ2n) is 57.5. The fourth-order valence-corrected chi connectivity index (χ4v) is 134. The lowest BCUT2D eigenvalue weighted by Gasteiger charge is -2.53. The van der Waals surface area contributed by atoms with Gasteiger partial charge in [-0.3, -0.25) is 0 Å². The lowest BCUT2D eigenvalue weighted by Crippen LogP contribution is -2.78. The van der Waals surface area contributed by atoms with Crippen LogP contribution in [0.15, 0.2) is 0 Å². The van der Waals surface area contributed by atoms with Crippen LogP contribution in [-0.4, -0.2) is 255 Å². The van der Waals surface area contributed by atoms with Crippen molar-refractivity contribution in [3.63, 3.8) is 0 Å². The van der Waals surface area contributed by atoms with Crippen molar-refractivity contribution in [2.24, 2.45) is 0 Å². The summed E-state index contributed by atoms with van der Waals surface area (Å²) in [5.41, 5.74) is 0. The number of hydrogen-bond donors (Lipinski definition) is 0. The van der Waals surface area contributed by atoms with Gasteiger partial charge in [0.15, 0.2) is 150 Å². The van der Waals surface area contributed by atoms with Crippen molar-refractivity contribution in [1.29, 1.82) is 0 Å². The summed E-state index contributed by atoms with van der Waals surface area (Å²) in [5.74, 6) is 0. The molecule has 0 fully saturated rings. The number of rotatable bonds is 54. The molecule has 0 unspecified atom stereocenters. The standard InChI is InChI=1S/C31H90O12Si13.C25H72O9Si10.C19H54O6Si7/c1-31(2,3)53(41-54(32-44(4,5)6,33-45(7,8)9)34-46(10,11)12,42-55(35-47(13,14)15,36-48(16,17)18)37-49(19,20)21)43-56(38-50(22,23)24,39-51(25,26)27)40-52(28,29)30;1-25(2,3)44(32-41(22,26-35(4,5)6)27-36(7,8)9,33-42(23,28-37(10,11)12)29-38(13,14)15)34-43(24,30-39(16,17)18)31-40(19,20)21;1-19(2,3)32(23-29(13,14)20-26(4,5)6,24-30(15,16)21-27(7,8)9)25-31(17,18)22-28(10,11)12/h1-30H3;1-24H3;1-18H3. The smallest absolute Gasteiger partial charge is 0.437 e. The van der Waals surface area contributed by atoms with Crippen molar-refractivity contribution in [1.82, 2.24) is 0 Å². The Hall–Kier alpha value is 5.43. The molecule has 57 heteroatoms. The second-order valence-corrected chi connectivity index (χ2v) is 180. The van der Waals surface area contributed by atoms with Crippen LogP contribution in [0.1, 0.15) is 62.3 Å². The van der Waals surface area contributed by atoms with Gasteiger partial charge in [0.05, 0.1) is 0 Å². The van der Waals surface area contributed by atoms with Crippen molar-refractivity contribution in [2.45, 2.75) is 490 Å². The van der Waals surface area contributed by atoms with Crippen molar-refractivity contribution < 1.29 is 111 Å². The molecular formula is C75H216O27Si30. The van der Waals surface area contributed by atoms with E-state index in [1.165, 1.54) is 0 Å². The molecule has 0 aliphatic heterocycles. The summed E-state index contributed by atoms with van der Waals surface area (Å²) in [5, 5.41) is -1.90. The Bertz CT molecular complexity index is 2980. The van der Waals surface area contributed by atoms with E-state index >= 15 is 0 Å². The van der Waals surface area contributed by atoms with Gasteiger partial charge in [-0.05, 0) is 393 Å². The monoisotopic (exact) mass is 2390 g/mol. The average Bonchev–Trinajstić information content (AvgIpc) is 0.714. The van der Waals surface area contributed by atoms with Crippen molar-refractivity contribution in [3.8, 4) is 0 Å². The highest BCUT2D eigenvalue weighted by atomic mass is 28.6. The molecule has 0 N–H and O–H groups in total. The summed E-state index contributed by atoms with van der Waals surface area (Å²) >= 11 is 0. The molecule has 0 saturated carbocycles. The fourth-order valence-electron chi connectivity index (χ4n) is 13.3. The van der Waals surface area contributed by atoms with Crippen LogP contribution >= 0.6 is 0 Å². The van der Waals surface area contributed by atoms with E-state index < -0.39 is 265 Å². The van der Waals surface area contributed by atoms with E-state index in [1.54, 1.807) is 0 Å². The van der Waals surface area contributed by atoms with Crippen molar-refractivity contribution in [2.75, 3.05) is 0 Å². The van der Waals surface area contributed by atoms with E-state index in [0.717, 1.165) is 0 Å². The highest BCUT2D eigenvalue weighted by Gasteiger charge is 2.76. The van der Waals surface area contributed by atoms with E-state index in [2.05, 4.69) is 455 Å². The highest BCUT2D eigenvalue weighted by Crippen LogP contribution is 2.52. The maximum atomic E-state index is 7.87. The van der Waals surface area contributed by atoms with Gasteiger partial charge >= 0.3 is 106 Å². The molecule has 132 heavy (non-hydrogen) atoms. The van der Waals surface area contributed by atoms with Crippen LogP contribution in [-0.2, 0) is 111 Å². The molecule has 0 radical (unpaired) electrons. The molecular weight excluding hydrogens is 2180 g/mol. The molecule has 0 rings (SSSR count). The van der Waals surface area contributed by atoms with Crippen LogP contribution in [0.2, 0.25) is 428 Å². The summed E-state index contributed by atoms with van der Waals surface area (Å²) in [6.07, 6.45) is 0. The minimum Gasteiger partial charge on any atom is -0.437 e. The van der Waals surface area contributed by atoms with Gasteiger partial charge in [-0.15, -0.1) is 0 Å². The third-order valence-corrected chi connectivity index (χ3v) is 111. The van der Waals surface area contributed by atoms with Gasteiger partial charge in [0.2, 0.25) is 0 Å².